The van der Waals surface area contributed by atoms with Gasteiger partial charge in [0.1, 0.15) is 6.61 Å². The van der Waals surface area contributed by atoms with E-state index in [1.807, 2.05) is 44.4 Å². The van der Waals surface area contributed by atoms with E-state index in [1.54, 1.807) is 0 Å². The average Bonchev–Trinajstić information content (AvgIpc) is 2.27. The first-order chi connectivity index (χ1) is 7.65. The van der Waals surface area contributed by atoms with Gasteiger partial charge in [-0.1, -0.05) is 44.0 Å². The van der Waals surface area contributed by atoms with E-state index in [1.165, 1.54) is 11.9 Å². The van der Waals surface area contributed by atoms with Crippen molar-refractivity contribution in [2.24, 2.45) is 5.92 Å². The Morgan fingerprint density at radius 2 is 2.12 bits per heavy atom. The summed E-state index contributed by atoms with van der Waals surface area (Å²) in [5.74, 6) is -0.250. The van der Waals surface area contributed by atoms with Gasteiger partial charge in [-0.05, 0) is 6.07 Å². The Kier molecular flexibility index (Phi) is 5.19. The van der Waals surface area contributed by atoms with Crippen molar-refractivity contribution in [2.45, 2.75) is 20.5 Å². The van der Waals surface area contributed by atoms with Crippen molar-refractivity contribution < 1.29 is 9.53 Å². The van der Waals surface area contributed by atoms with Crippen LogP contribution in [0.5, 0.6) is 0 Å². The van der Waals surface area contributed by atoms with Crippen LogP contribution in [0.3, 0.4) is 0 Å². The molecule has 0 unspecified atom stereocenters. The average molecular weight is 239 g/mol. The van der Waals surface area contributed by atoms with Gasteiger partial charge in [0.25, 0.3) is 0 Å². The molecule has 0 saturated heterocycles. The Morgan fingerprint density at radius 3 is 2.75 bits per heavy atom. The monoisotopic (exact) mass is 239 g/mol. The Morgan fingerprint density at radius 1 is 1.44 bits per heavy atom. The van der Waals surface area contributed by atoms with Crippen LogP contribution >= 0.6 is 11.9 Å². The summed E-state index contributed by atoms with van der Waals surface area (Å²) in [5.41, 5.74) is 1.98. The van der Waals surface area contributed by atoms with Gasteiger partial charge in [-0.3, -0.25) is 4.79 Å². The molecule has 0 aliphatic rings. The molecule has 1 aromatic carbocycles. The number of carbonyl (C=O) groups excluding carboxylic acids is 1. The summed E-state index contributed by atoms with van der Waals surface area (Å²) in [6, 6.07) is 7.80. The normalized spacial score (nSPS) is 10.2. The predicted molar refractivity (Wildman–Crippen MR) is 68.2 cm³/mol. The fourth-order valence-corrected chi connectivity index (χ4v) is 1.59. The van der Waals surface area contributed by atoms with E-state index < -0.39 is 0 Å². The molecular formula is C12H17NO2S. The maximum Gasteiger partial charge on any atom is 0.308 e. The number of hydrogen-bond acceptors (Lipinski definition) is 4. The fraction of sp³-hybridized carbons (Fsp3) is 0.417. The van der Waals surface area contributed by atoms with Crippen molar-refractivity contribution >= 4 is 23.6 Å². The highest BCUT2D eigenvalue weighted by Gasteiger charge is 2.09. The molecule has 0 bridgehead atoms. The van der Waals surface area contributed by atoms with Gasteiger partial charge in [-0.15, -0.1) is 0 Å². The molecule has 0 saturated carbocycles. The summed E-state index contributed by atoms with van der Waals surface area (Å²) in [5, 5.41) is 0. The Bertz CT molecular complexity index is 353. The van der Waals surface area contributed by atoms with E-state index in [0.29, 0.717) is 6.61 Å². The lowest BCUT2D eigenvalue weighted by Gasteiger charge is -2.11. The number of esters is 1. The minimum atomic E-state index is -0.168. The van der Waals surface area contributed by atoms with Gasteiger partial charge in [0, 0.05) is 11.8 Å². The van der Waals surface area contributed by atoms with Gasteiger partial charge in [0.05, 0.1) is 11.6 Å². The highest BCUT2D eigenvalue weighted by atomic mass is 32.2. The molecule has 88 valence electrons. The zero-order valence-corrected chi connectivity index (χ0v) is 10.6. The third kappa shape index (κ3) is 3.77. The third-order valence-corrected chi connectivity index (χ3v) is 2.49. The SMILES string of the molecule is CSNc1ccccc1COC(=O)C(C)C. The molecule has 0 fully saturated rings. The number of benzene rings is 1. The van der Waals surface area contributed by atoms with Crippen molar-refractivity contribution in [1.82, 2.24) is 0 Å². The molecule has 1 N–H and O–H groups in total. The number of para-hydroxylation sites is 1. The molecular weight excluding hydrogens is 222 g/mol. The summed E-state index contributed by atoms with van der Waals surface area (Å²) in [4.78, 5) is 11.3. The lowest BCUT2D eigenvalue weighted by atomic mass is 10.2. The molecule has 16 heavy (non-hydrogen) atoms. The topological polar surface area (TPSA) is 38.3 Å². The largest absolute Gasteiger partial charge is 0.461 e. The molecule has 0 aliphatic heterocycles. The van der Waals surface area contributed by atoms with Gasteiger partial charge < -0.3 is 9.46 Å². The van der Waals surface area contributed by atoms with Crippen molar-refractivity contribution in [1.29, 1.82) is 0 Å². The van der Waals surface area contributed by atoms with Crippen LogP contribution in [-0.2, 0) is 16.1 Å². The zero-order chi connectivity index (χ0) is 12.0. The highest BCUT2D eigenvalue weighted by Crippen LogP contribution is 2.18. The first-order valence-electron chi connectivity index (χ1n) is 5.18. The third-order valence-electron chi connectivity index (χ3n) is 2.07. The van der Waals surface area contributed by atoms with Crippen LogP contribution in [0, 0.1) is 5.92 Å². The van der Waals surface area contributed by atoms with Crippen molar-refractivity contribution in [2.75, 3.05) is 11.0 Å². The van der Waals surface area contributed by atoms with Gasteiger partial charge in [0.15, 0.2) is 0 Å². The predicted octanol–water partition coefficient (Wildman–Crippen LogP) is 3.08. The summed E-state index contributed by atoms with van der Waals surface area (Å²) in [6.45, 7) is 3.98. The molecule has 1 aromatic rings. The van der Waals surface area contributed by atoms with Gasteiger partial charge in [-0.25, -0.2) is 0 Å². The fourth-order valence-electron chi connectivity index (χ4n) is 1.17. The smallest absolute Gasteiger partial charge is 0.308 e. The van der Waals surface area contributed by atoms with Crippen LogP contribution in [0.25, 0.3) is 0 Å². The number of rotatable bonds is 5. The van der Waals surface area contributed by atoms with E-state index in [9.17, 15) is 4.79 Å². The standard InChI is InChI=1S/C12H17NO2S/c1-9(2)12(14)15-8-10-6-4-5-7-11(10)13-16-3/h4-7,9,13H,8H2,1-3H3. The highest BCUT2D eigenvalue weighted by molar-refractivity contribution is 7.99. The number of ether oxygens (including phenoxy) is 1. The van der Waals surface area contributed by atoms with E-state index in [2.05, 4.69) is 4.72 Å². The van der Waals surface area contributed by atoms with E-state index in [-0.39, 0.29) is 11.9 Å². The first-order valence-corrected chi connectivity index (χ1v) is 6.41. The lowest BCUT2D eigenvalue weighted by molar-refractivity contribution is -0.148. The second-order valence-corrected chi connectivity index (χ2v) is 4.34. The summed E-state index contributed by atoms with van der Waals surface area (Å²) < 4.78 is 8.34. The van der Waals surface area contributed by atoms with Gasteiger partial charge in [-0.2, -0.15) is 0 Å². The summed E-state index contributed by atoms with van der Waals surface area (Å²) in [6.07, 6.45) is 1.96. The minimum absolute atomic E-state index is 0.0827. The molecule has 0 amide bonds. The second-order valence-electron chi connectivity index (χ2n) is 3.73. The van der Waals surface area contributed by atoms with Crippen LogP contribution < -0.4 is 4.72 Å². The molecule has 0 spiro atoms. The molecule has 0 aliphatic carbocycles. The number of anilines is 1. The van der Waals surface area contributed by atoms with E-state index in [0.717, 1.165) is 11.3 Å². The Labute approximate surface area is 101 Å². The Balaban J connectivity index is 2.62. The van der Waals surface area contributed by atoms with Crippen molar-refractivity contribution in [3.05, 3.63) is 29.8 Å². The van der Waals surface area contributed by atoms with Crippen LogP contribution in [0.2, 0.25) is 0 Å². The van der Waals surface area contributed by atoms with E-state index in [4.69, 9.17) is 4.74 Å². The maximum atomic E-state index is 11.3. The van der Waals surface area contributed by atoms with Crippen LogP contribution in [-0.4, -0.2) is 12.2 Å². The second kappa shape index (κ2) is 6.43. The summed E-state index contributed by atoms with van der Waals surface area (Å²) in [7, 11) is 0. The quantitative estimate of drug-likeness (QED) is 0.633. The van der Waals surface area contributed by atoms with Crippen LogP contribution in [0.1, 0.15) is 19.4 Å². The maximum absolute atomic E-state index is 11.3. The Hall–Kier alpha value is -1.16. The molecule has 0 atom stereocenters. The van der Waals surface area contributed by atoms with Crippen LogP contribution in [0.15, 0.2) is 24.3 Å². The molecule has 0 radical (unpaired) electrons. The minimum Gasteiger partial charge on any atom is -0.461 e. The van der Waals surface area contributed by atoms with Gasteiger partial charge in [0.2, 0.25) is 0 Å². The summed E-state index contributed by atoms with van der Waals surface area (Å²) >= 11 is 1.52. The molecule has 1 rings (SSSR count). The van der Waals surface area contributed by atoms with Gasteiger partial charge >= 0.3 is 5.97 Å². The lowest BCUT2D eigenvalue weighted by Crippen LogP contribution is -2.11. The van der Waals surface area contributed by atoms with Crippen molar-refractivity contribution in [3.8, 4) is 0 Å². The van der Waals surface area contributed by atoms with Crippen LogP contribution in [0.4, 0.5) is 5.69 Å². The number of nitrogens with one attached hydrogen (secondary N) is 1. The number of carbonyl (C=O) groups is 1. The zero-order valence-electron chi connectivity index (χ0n) is 9.82. The first kappa shape index (κ1) is 12.9. The number of hydrogen-bond donors (Lipinski definition) is 1. The molecule has 3 nitrogen and oxygen atoms in total. The van der Waals surface area contributed by atoms with Crippen molar-refractivity contribution in [3.63, 3.8) is 0 Å². The molecule has 4 heteroatoms. The molecule has 0 aromatic heterocycles. The molecule has 0 heterocycles. The van der Waals surface area contributed by atoms with E-state index >= 15 is 0 Å².